The highest BCUT2D eigenvalue weighted by molar-refractivity contribution is 5.98. The van der Waals surface area contributed by atoms with Crippen LogP contribution in [0.2, 0.25) is 0 Å². The zero-order valence-electron chi connectivity index (χ0n) is 19.8. The van der Waals surface area contributed by atoms with Crippen molar-refractivity contribution in [1.29, 1.82) is 0 Å². The molecule has 0 fully saturated rings. The number of ether oxygens (including phenoxy) is 4. The molecular weight excluding hydrogens is 463 g/mol. The molecule has 3 aromatic rings. The number of methoxy groups -OCH3 is 4. The van der Waals surface area contributed by atoms with Crippen molar-refractivity contribution in [3.05, 3.63) is 83.4 Å². The summed E-state index contributed by atoms with van der Waals surface area (Å²) in [6.07, 6.45) is -5.93. The molecule has 0 aliphatic rings. The van der Waals surface area contributed by atoms with E-state index >= 15 is 0 Å². The number of hydrogen-bond donors (Lipinski definition) is 0. The lowest BCUT2D eigenvalue weighted by molar-refractivity contribution is -0.170. The zero-order chi connectivity index (χ0) is 25.6. The summed E-state index contributed by atoms with van der Waals surface area (Å²) in [5.74, 6) is -0.960. The Bertz CT molecular complexity index is 1130. The van der Waals surface area contributed by atoms with Crippen LogP contribution in [0.25, 0.3) is 0 Å². The van der Waals surface area contributed by atoms with E-state index in [2.05, 4.69) is 0 Å². The van der Waals surface area contributed by atoms with Gasteiger partial charge in [0.1, 0.15) is 11.9 Å². The number of alkyl halides is 3. The largest absolute Gasteiger partial charge is 0.497 e. The van der Waals surface area contributed by atoms with Gasteiger partial charge in [0.2, 0.25) is 0 Å². The first-order chi connectivity index (χ1) is 16.7. The molecule has 6 nitrogen and oxygen atoms in total. The van der Waals surface area contributed by atoms with Crippen LogP contribution in [0.4, 0.5) is 18.9 Å². The molecule has 0 bridgehead atoms. The van der Waals surface area contributed by atoms with Crippen LogP contribution in [-0.4, -0.2) is 40.5 Å². The van der Waals surface area contributed by atoms with Gasteiger partial charge in [-0.3, -0.25) is 9.69 Å². The third kappa shape index (κ3) is 5.86. The second-order valence-corrected chi connectivity index (χ2v) is 7.53. The Balaban J connectivity index is 2.24. The van der Waals surface area contributed by atoms with Crippen molar-refractivity contribution in [3.63, 3.8) is 0 Å². The van der Waals surface area contributed by atoms with Crippen molar-refractivity contribution in [2.45, 2.75) is 18.8 Å². The van der Waals surface area contributed by atoms with Gasteiger partial charge >= 0.3 is 12.1 Å². The predicted octanol–water partition coefficient (Wildman–Crippen LogP) is 5.54. The highest BCUT2D eigenvalue weighted by Crippen LogP contribution is 2.42. The smallest absolute Gasteiger partial charge is 0.471 e. The molecule has 0 N–H and O–H groups in total. The van der Waals surface area contributed by atoms with Gasteiger partial charge in [-0.1, -0.05) is 42.5 Å². The molecule has 9 heteroatoms. The second kappa shape index (κ2) is 11.1. The molecular formula is C26H26F3NO5. The van der Waals surface area contributed by atoms with Crippen LogP contribution in [0.1, 0.15) is 22.8 Å². The van der Waals surface area contributed by atoms with Crippen LogP contribution in [0.15, 0.2) is 66.7 Å². The van der Waals surface area contributed by atoms with Gasteiger partial charge in [0.15, 0.2) is 11.5 Å². The molecule has 0 radical (unpaired) electrons. The molecule has 3 aromatic carbocycles. The molecule has 0 aliphatic heterocycles. The van der Waals surface area contributed by atoms with E-state index in [1.807, 2.05) is 0 Å². The first-order valence-corrected chi connectivity index (χ1v) is 10.6. The summed E-state index contributed by atoms with van der Waals surface area (Å²) in [6, 6.07) is 18.2. The highest BCUT2D eigenvalue weighted by Gasteiger charge is 2.44. The van der Waals surface area contributed by atoms with Crippen LogP contribution in [0, 0.1) is 0 Å². The van der Waals surface area contributed by atoms with Crippen molar-refractivity contribution >= 4 is 11.6 Å². The molecule has 0 saturated heterocycles. The van der Waals surface area contributed by atoms with Crippen molar-refractivity contribution in [2.24, 2.45) is 0 Å². The van der Waals surface area contributed by atoms with Gasteiger partial charge in [0.05, 0.1) is 33.6 Å². The van der Waals surface area contributed by atoms with Gasteiger partial charge in [-0.15, -0.1) is 0 Å². The number of anilines is 1. The lowest BCUT2D eigenvalue weighted by Crippen LogP contribution is -2.41. The summed E-state index contributed by atoms with van der Waals surface area (Å²) in [5, 5.41) is 0. The standard InChI is InChI=1S/C26H26F3NO5/c1-32-19-12-10-18(11-13-19)24(35-4)20-14-22(33-2)23(34-3)15-21(20)30(25(31)26(27,28)29)16-17-8-6-5-7-9-17/h5-15,24H,16H2,1-4H3. The number of halogens is 3. The minimum Gasteiger partial charge on any atom is -0.497 e. The molecule has 186 valence electrons. The SMILES string of the molecule is COc1ccc(C(OC)c2cc(OC)c(OC)cc2N(Cc2ccccc2)C(=O)C(F)(F)F)cc1. The quantitative estimate of drug-likeness (QED) is 0.395. The Kier molecular flexibility index (Phi) is 8.24. The first-order valence-electron chi connectivity index (χ1n) is 10.6. The normalized spacial score (nSPS) is 12.1. The Morgan fingerprint density at radius 2 is 1.46 bits per heavy atom. The van der Waals surface area contributed by atoms with Crippen molar-refractivity contribution in [2.75, 3.05) is 33.3 Å². The maximum Gasteiger partial charge on any atom is 0.471 e. The molecule has 0 spiro atoms. The van der Waals surface area contributed by atoms with Crippen molar-refractivity contribution < 1.29 is 36.9 Å². The van der Waals surface area contributed by atoms with Crippen LogP contribution < -0.4 is 19.1 Å². The highest BCUT2D eigenvalue weighted by atomic mass is 19.4. The van der Waals surface area contributed by atoms with Crippen LogP contribution in [0.3, 0.4) is 0 Å². The molecule has 1 amide bonds. The summed E-state index contributed by atoms with van der Waals surface area (Å²) in [6.45, 7) is -0.319. The molecule has 3 rings (SSSR count). The van der Waals surface area contributed by atoms with Gasteiger partial charge in [-0.25, -0.2) is 0 Å². The van der Waals surface area contributed by atoms with Crippen LogP contribution in [-0.2, 0) is 16.1 Å². The van der Waals surface area contributed by atoms with Gasteiger partial charge < -0.3 is 18.9 Å². The lowest BCUT2D eigenvalue weighted by Gasteiger charge is -2.30. The number of amides is 1. The maximum atomic E-state index is 13.7. The van der Waals surface area contributed by atoms with E-state index < -0.39 is 18.2 Å². The van der Waals surface area contributed by atoms with E-state index in [9.17, 15) is 18.0 Å². The fraction of sp³-hybridized carbons (Fsp3) is 0.269. The average molecular weight is 489 g/mol. The number of hydrogen-bond acceptors (Lipinski definition) is 5. The molecule has 0 aliphatic carbocycles. The number of rotatable bonds is 9. The van der Waals surface area contributed by atoms with E-state index in [0.717, 1.165) is 0 Å². The molecule has 0 aromatic heterocycles. The number of benzene rings is 3. The molecule has 0 heterocycles. The van der Waals surface area contributed by atoms with Crippen LogP contribution >= 0.6 is 0 Å². The van der Waals surface area contributed by atoms with E-state index in [1.165, 1.54) is 40.6 Å². The fourth-order valence-electron chi connectivity index (χ4n) is 3.73. The topological polar surface area (TPSA) is 57.2 Å². The van der Waals surface area contributed by atoms with E-state index in [-0.39, 0.29) is 23.7 Å². The summed E-state index contributed by atoms with van der Waals surface area (Å²) in [4.78, 5) is 13.4. The predicted molar refractivity (Wildman–Crippen MR) is 125 cm³/mol. The Labute approximate surface area is 201 Å². The summed E-state index contributed by atoms with van der Waals surface area (Å²) in [7, 11) is 5.74. The third-order valence-electron chi connectivity index (χ3n) is 5.43. The van der Waals surface area contributed by atoms with Crippen molar-refractivity contribution in [1.82, 2.24) is 0 Å². The average Bonchev–Trinajstić information content (AvgIpc) is 2.87. The first kappa shape index (κ1) is 25.9. The van der Waals surface area contributed by atoms with Crippen molar-refractivity contribution in [3.8, 4) is 17.2 Å². The van der Waals surface area contributed by atoms with Gasteiger partial charge in [-0.2, -0.15) is 13.2 Å². The minimum atomic E-state index is -5.11. The van der Waals surface area contributed by atoms with Gasteiger partial charge in [0.25, 0.3) is 0 Å². The summed E-state index contributed by atoms with van der Waals surface area (Å²) in [5.41, 5.74) is 1.44. The summed E-state index contributed by atoms with van der Waals surface area (Å²) >= 11 is 0. The Morgan fingerprint density at radius 1 is 0.857 bits per heavy atom. The molecule has 1 atom stereocenters. The number of carbonyl (C=O) groups excluding carboxylic acids is 1. The Hall–Kier alpha value is -3.72. The molecule has 1 unspecified atom stereocenters. The number of nitrogens with zero attached hydrogens (tertiary/aromatic N) is 1. The van der Waals surface area contributed by atoms with Gasteiger partial charge in [0, 0.05) is 18.7 Å². The zero-order valence-corrected chi connectivity index (χ0v) is 19.8. The third-order valence-corrected chi connectivity index (χ3v) is 5.43. The lowest BCUT2D eigenvalue weighted by atomic mass is 9.97. The number of carbonyl (C=O) groups is 1. The van der Waals surface area contributed by atoms with Gasteiger partial charge in [-0.05, 0) is 29.3 Å². The molecule has 0 saturated carbocycles. The maximum absolute atomic E-state index is 13.7. The molecule has 35 heavy (non-hydrogen) atoms. The van der Waals surface area contributed by atoms with E-state index in [4.69, 9.17) is 18.9 Å². The van der Waals surface area contributed by atoms with Crippen LogP contribution in [0.5, 0.6) is 17.2 Å². The fourth-order valence-corrected chi connectivity index (χ4v) is 3.73. The summed E-state index contributed by atoms with van der Waals surface area (Å²) < 4.78 is 62.9. The minimum absolute atomic E-state index is 0.0171. The Morgan fingerprint density at radius 3 is 1.97 bits per heavy atom. The van der Waals surface area contributed by atoms with E-state index in [1.54, 1.807) is 54.6 Å². The monoisotopic (exact) mass is 489 g/mol. The second-order valence-electron chi connectivity index (χ2n) is 7.53. The van der Waals surface area contributed by atoms with E-state index in [0.29, 0.717) is 27.3 Å².